The number of rotatable bonds is 5. The van der Waals surface area contributed by atoms with E-state index in [-0.39, 0.29) is 0 Å². The molecule has 5 heteroatoms. The second-order valence-corrected chi connectivity index (χ2v) is 6.08. The van der Waals surface area contributed by atoms with Gasteiger partial charge in [0.25, 0.3) is 0 Å². The Morgan fingerprint density at radius 2 is 1.90 bits per heavy atom. The SMILES string of the molecule is COc1c(C(C)C)cc(C2(N=C=O)CC2)c(OC)c1Br. The fraction of sp³-hybridized carbons (Fsp3) is 0.533. The van der Waals surface area contributed by atoms with Gasteiger partial charge in [-0.2, -0.15) is 4.99 Å². The standard InChI is InChI=1S/C15H18BrNO3/c1-9(2)10-7-11(15(5-6-15)17-8-18)14(20-4)12(16)13(10)19-3/h7,9H,5-6H2,1-4H3. The first-order valence-corrected chi connectivity index (χ1v) is 7.34. The van der Waals surface area contributed by atoms with Gasteiger partial charge in [-0.15, -0.1) is 0 Å². The maximum Gasteiger partial charge on any atom is 0.235 e. The van der Waals surface area contributed by atoms with Gasteiger partial charge in [-0.1, -0.05) is 13.8 Å². The van der Waals surface area contributed by atoms with Crippen molar-refractivity contribution in [2.75, 3.05) is 14.2 Å². The van der Waals surface area contributed by atoms with Crippen molar-refractivity contribution in [1.29, 1.82) is 0 Å². The Labute approximate surface area is 127 Å². The summed E-state index contributed by atoms with van der Waals surface area (Å²) >= 11 is 3.55. The summed E-state index contributed by atoms with van der Waals surface area (Å²) < 4.78 is 11.8. The van der Waals surface area contributed by atoms with E-state index in [1.807, 2.05) is 6.07 Å². The van der Waals surface area contributed by atoms with Crippen LogP contribution < -0.4 is 9.47 Å². The van der Waals surface area contributed by atoms with Crippen molar-refractivity contribution in [2.24, 2.45) is 4.99 Å². The van der Waals surface area contributed by atoms with Gasteiger partial charge in [0.15, 0.2) is 0 Å². The van der Waals surface area contributed by atoms with Crippen LogP contribution in [0.25, 0.3) is 0 Å². The zero-order chi connectivity index (χ0) is 14.9. The third kappa shape index (κ3) is 2.36. The Morgan fingerprint density at radius 3 is 2.30 bits per heavy atom. The topological polar surface area (TPSA) is 47.9 Å². The lowest BCUT2D eigenvalue weighted by molar-refractivity contribution is 0.378. The molecule has 108 valence electrons. The lowest BCUT2D eigenvalue weighted by Crippen LogP contribution is -2.09. The van der Waals surface area contributed by atoms with Crippen molar-refractivity contribution in [3.63, 3.8) is 0 Å². The normalized spacial score (nSPS) is 15.7. The van der Waals surface area contributed by atoms with Crippen LogP contribution in [0, 0.1) is 0 Å². The minimum atomic E-state index is -0.467. The first kappa shape index (κ1) is 15.1. The van der Waals surface area contributed by atoms with Gasteiger partial charge in [0.05, 0.1) is 14.2 Å². The molecule has 1 aromatic rings. The summed E-state index contributed by atoms with van der Waals surface area (Å²) in [6.07, 6.45) is 3.37. The van der Waals surface area contributed by atoms with Crippen molar-refractivity contribution in [3.8, 4) is 11.5 Å². The average Bonchev–Trinajstić information content (AvgIpc) is 3.18. The molecule has 20 heavy (non-hydrogen) atoms. The summed E-state index contributed by atoms with van der Waals surface area (Å²) in [4.78, 5) is 14.7. The van der Waals surface area contributed by atoms with Crippen LogP contribution in [0.2, 0.25) is 0 Å². The van der Waals surface area contributed by atoms with Crippen LogP contribution >= 0.6 is 15.9 Å². The van der Waals surface area contributed by atoms with Crippen molar-refractivity contribution in [2.45, 2.75) is 38.1 Å². The van der Waals surface area contributed by atoms with E-state index in [1.54, 1.807) is 20.3 Å². The van der Waals surface area contributed by atoms with Crippen LogP contribution in [-0.2, 0) is 10.3 Å². The summed E-state index contributed by atoms with van der Waals surface area (Å²) in [7, 11) is 3.25. The zero-order valence-electron chi connectivity index (χ0n) is 12.1. The molecule has 0 unspecified atom stereocenters. The molecule has 1 aromatic carbocycles. The molecule has 0 saturated heterocycles. The van der Waals surface area contributed by atoms with Gasteiger partial charge in [-0.3, -0.25) is 0 Å². The fourth-order valence-corrected chi connectivity index (χ4v) is 3.23. The maximum atomic E-state index is 10.7. The van der Waals surface area contributed by atoms with Gasteiger partial charge in [-0.05, 0) is 46.3 Å². The fourth-order valence-electron chi connectivity index (χ4n) is 2.46. The highest BCUT2D eigenvalue weighted by molar-refractivity contribution is 9.10. The highest BCUT2D eigenvalue weighted by Gasteiger charge is 2.48. The van der Waals surface area contributed by atoms with Crippen molar-refractivity contribution >= 4 is 22.0 Å². The maximum absolute atomic E-state index is 10.7. The van der Waals surface area contributed by atoms with Gasteiger partial charge in [-0.25, -0.2) is 4.79 Å². The second kappa shape index (κ2) is 5.58. The molecular formula is C15H18BrNO3. The Kier molecular flexibility index (Phi) is 4.21. The summed E-state index contributed by atoms with van der Waals surface area (Å²) in [6, 6.07) is 2.04. The van der Waals surface area contributed by atoms with Gasteiger partial charge in [0.2, 0.25) is 6.08 Å². The predicted octanol–water partition coefficient (Wildman–Crippen LogP) is 3.91. The predicted molar refractivity (Wildman–Crippen MR) is 80.4 cm³/mol. The van der Waals surface area contributed by atoms with Crippen molar-refractivity contribution in [1.82, 2.24) is 0 Å². The summed E-state index contributed by atoms with van der Waals surface area (Å²) in [5.74, 6) is 1.75. The van der Waals surface area contributed by atoms with E-state index in [0.717, 1.165) is 34.2 Å². The Morgan fingerprint density at radius 1 is 1.30 bits per heavy atom. The molecule has 1 aliphatic rings. The molecule has 1 fully saturated rings. The quantitative estimate of drug-likeness (QED) is 0.603. The number of isocyanates is 1. The molecule has 4 nitrogen and oxygen atoms in total. The number of aliphatic imine (C=N–C) groups is 1. The van der Waals surface area contributed by atoms with Crippen LogP contribution in [0.15, 0.2) is 15.5 Å². The lowest BCUT2D eigenvalue weighted by atomic mass is 9.94. The smallest absolute Gasteiger partial charge is 0.235 e. The molecule has 0 bridgehead atoms. The molecule has 0 heterocycles. The molecule has 0 aliphatic heterocycles. The minimum Gasteiger partial charge on any atom is -0.495 e. The number of nitrogens with zero attached hydrogens (tertiary/aromatic N) is 1. The van der Waals surface area contributed by atoms with Crippen molar-refractivity contribution < 1.29 is 14.3 Å². The van der Waals surface area contributed by atoms with E-state index in [9.17, 15) is 4.79 Å². The van der Waals surface area contributed by atoms with Crippen LogP contribution in [0.5, 0.6) is 11.5 Å². The summed E-state index contributed by atoms with van der Waals surface area (Å²) in [6.45, 7) is 4.20. The Balaban J connectivity index is 2.71. The monoisotopic (exact) mass is 339 g/mol. The average molecular weight is 340 g/mol. The van der Waals surface area contributed by atoms with Gasteiger partial charge < -0.3 is 9.47 Å². The largest absolute Gasteiger partial charge is 0.495 e. The van der Waals surface area contributed by atoms with Gasteiger partial charge >= 0.3 is 0 Å². The van der Waals surface area contributed by atoms with Gasteiger partial charge in [0, 0.05) is 5.56 Å². The molecule has 0 N–H and O–H groups in total. The van der Waals surface area contributed by atoms with E-state index < -0.39 is 5.54 Å². The molecule has 0 aromatic heterocycles. The molecule has 1 aliphatic carbocycles. The molecule has 0 amide bonds. The Hall–Kier alpha value is -1.32. The van der Waals surface area contributed by atoms with Crippen LogP contribution in [0.1, 0.15) is 43.7 Å². The number of methoxy groups -OCH3 is 2. The first-order chi connectivity index (χ1) is 9.50. The molecule has 2 rings (SSSR count). The van der Waals surface area contributed by atoms with Crippen LogP contribution in [0.4, 0.5) is 0 Å². The number of halogens is 1. The second-order valence-electron chi connectivity index (χ2n) is 5.28. The van der Waals surface area contributed by atoms with E-state index in [1.165, 1.54) is 0 Å². The number of ether oxygens (including phenoxy) is 2. The molecule has 1 saturated carbocycles. The summed E-state index contributed by atoms with van der Waals surface area (Å²) in [5.41, 5.74) is 1.54. The third-order valence-electron chi connectivity index (χ3n) is 3.72. The number of hydrogen-bond donors (Lipinski definition) is 0. The summed E-state index contributed by atoms with van der Waals surface area (Å²) in [5, 5.41) is 0. The van der Waals surface area contributed by atoms with Crippen molar-refractivity contribution in [3.05, 3.63) is 21.7 Å². The first-order valence-electron chi connectivity index (χ1n) is 6.54. The molecular weight excluding hydrogens is 322 g/mol. The molecule has 0 spiro atoms. The molecule has 0 atom stereocenters. The van der Waals surface area contributed by atoms with E-state index in [2.05, 4.69) is 34.8 Å². The minimum absolute atomic E-state index is 0.293. The zero-order valence-corrected chi connectivity index (χ0v) is 13.7. The Bertz CT molecular complexity index is 573. The van der Waals surface area contributed by atoms with Crippen LogP contribution in [-0.4, -0.2) is 20.3 Å². The molecule has 0 radical (unpaired) electrons. The van der Waals surface area contributed by atoms with Gasteiger partial charge in [0.1, 0.15) is 21.5 Å². The lowest BCUT2D eigenvalue weighted by Gasteiger charge is -2.21. The highest BCUT2D eigenvalue weighted by atomic mass is 79.9. The van der Waals surface area contributed by atoms with E-state index in [4.69, 9.17) is 9.47 Å². The number of benzene rings is 1. The van der Waals surface area contributed by atoms with E-state index >= 15 is 0 Å². The number of carbonyl (C=O) groups excluding carboxylic acids is 1. The number of hydrogen-bond acceptors (Lipinski definition) is 4. The van der Waals surface area contributed by atoms with Crippen LogP contribution in [0.3, 0.4) is 0 Å². The van der Waals surface area contributed by atoms with E-state index in [0.29, 0.717) is 11.7 Å². The highest BCUT2D eigenvalue weighted by Crippen LogP contribution is 2.56. The third-order valence-corrected chi connectivity index (χ3v) is 4.44.